The third-order valence-electron chi connectivity index (χ3n) is 4.67. The predicted molar refractivity (Wildman–Crippen MR) is 121 cm³/mol. The molecule has 0 atom stereocenters. The number of rotatable bonds is 10. The molecule has 0 aliphatic carbocycles. The molecular weight excluding hydrogens is 412 g/mol. The van der Waals surface area contributed by atoms with Crippen LogP contribution >= 0.6 is 0 Å². The minimum atomic E-state index is -3.65. The van der Waals surface area contributed by atoms with E-state index in [1.54, 1.807) is 54.9 Å². The van der Waals surface area contributed by atoms with Gasteiger partial charge in [0, 0.05) is 30.1 Å². The summed E-state index contributed by atoms with van der Waals surface area (Å²) in [6, 6.07) is 19.2. The van der Waals surface area contributed by atoms with Crippen molar-refractivity contribution in [1.82, 2.24) is 4.98 Å². The van der Waals surface area contributed by atoms with Gasteiger partial charge in [-0.2, -0.15) is 0 Å². The van der Waals surface area contributed by atoms with Crippen molar-refractivity contribution in [3.63, 3.8) is 0 Å². The van der Waals surface area contributed by atoms with Crippen molar-refractivity contribution in [1.29, 1.82) is 0 Å². The van der Waals surface area contributed by atoms with Gasteiger partial charge in [-0.1, -0.05) is 42.5 Å². The number of nitrogens with zero attached hydrogens (tertiary/aromatic N) is 1. The minimum Gasteiger partial charge on any atom is -0.481 e. The van der Waals surface area contributed by atoms with E-state index in [9.17, 15) is 13.2 Å². The number of nitrogens with one attached hydrogen (secondary N) is 1. The summed E-state index contributed by atoms with van der Waals surface area (Å²) in [4.78, 5) is 15.1. The largest absolute Gasteiger partial charge is 0.481 e. The second-order valence-electron chi connectivity index (χ2n) is 6.99. The lowest BCUT2D eigenvalue weighted by atomic mass is 9.97. The Labute approximate surface area is 182 Å². The topological polar surface area (TPSA) is 96.4 Å². The Kier molecular flexibility index (Phi) is 7.56. The Morgan fingerprint density at radius 3 is 2.32 bits per heavy atom. The highest BCUT2D eigenvalue weighted by Crippen LogP contribution is 2.26. The molecule has 1 aromatic heterocycles. The lowest BCUT2D eigenvalue weighted by Gasteiger charge is -2.11. The average Bonchev–Trinajstić information content (AvgIpc) is 2.78. The van der Waals surface area contributed by atoms with Crippen LogP contribution in [0.5, 0.6) is 0 Å². The second kappa shape index (κ2) is 10.5. The van der Waals surface area contributed by atoms with Crippen LogP contribution < -0.4 is 4.72 Å². The first-order valence-electron chi connectivity index (χ1n) is 9.96. The monoisotopic (exact) mass is 436 g/mol. The summed E-state index contributed by atoms with van der Waals surface area (Å²) in [5.74, 6) is -0.787. The van der Waals surface area contributed by atoms with Crippen molar-refractivity contribution in [2.45, 2.75) is 30.6 Å². The van der Waals surface area contributed by atoms with Crippen LogP contribution in [0.1, 0.15) is 36.8 Å². The van der Waals surface area contributed by atoms with Crippen LogP contribution in [0.4, 0.5) is 5.69 Å². The molecule has 6 nitrogen and oxygen atoms in total. The Hall–Kier alpha value is -3.45. The molecule has 2 N–H and O–H groups in total. The van der Waals surface area contributed by atoms with Crippen molar-refractivity contribution >= 4 is 27.3 Å². The number of carboxylic acids is 1. The van der Waals surface area contributed by atoms with E-state index in [1.807, 2.05) is 24.3 Å². The lowest BCUT2D eigenvalue weighted by Crippen LogP contribution is -2.12. The van der Waals surface area contributed by atoms with Crippen molar-refractivity contribution < 1.29 is 18.3 Å². The number of sulfonamides is 1. The quantitative estimate of drug-likeness (QED) is 0.438. The molecule has 1 heterocycles. The van der Waals surface area contributed by atoms with E-state index in [4.69, 9.17) is 5.11 Å². The van der Waals surface area contributed by atoms with Gasteiger partial charge in [0.1, 0.15) is 0 Å². The average molecular weight is 437 g/mol. The van der Waals surface area contributed by atoms with Crippen molar-refractivity contribution in [2.75, 3.05) is 4.72 Å². The molecule has 2 aromatic carbocycles. The SMILES string of the molecule is O=C(O)CCCC/C=C(\c1ccc(NS(=O)(=O)c2ccccc2)cc1)c1cccnc1. The summed E-state index contributed by atoms with van der Waals surface area (Å²) in [5.41, 5.74) is 3.31. The fraction of sp³-hybridized carbons (Fsp3) is 0.167. The third kappa shape index (κ3) is 6.52. The minimum absolute atomic E-state index is 0.159. The number of benzene rings is 2. The predicted octanol–water partition coefficient (Wildman–Crippen LogP) is 4.96. The normalized spacial score (nSPS) is 11.8. The maximum Gasteiger partial charge on any atom is 0.303 e. The fourth-order valence-electron chi connectivity index (χ4n) is 3.12. The standard InChI is InChI=1S/C24H24N2O4S/c27-24(28)12-6-2-5-11-23(20-8-7-17-25-18-20)19-13-15-21(16-14-19)26-31(29,30)22-9-3-1-4-10-22/h1,3-4,7-11,13-18,26H,2,5-6,12H2,(H,27,28)/b23-11+. The second-order valence-corrected chi connectivity index (χ2v) is 8.68. The van der Waals surface area contributed by atoms with Gasteiger partial charge in [-0.3, -0.25) is 14.5 Å². The smallest absolute Gasteiger partial charge is 0.303 e. The van der Waals surface area contributed by atoms with Gasteiger partial charge in [0.05, 0.1) is 4.90 Å². The van der Waals surface area contributed by atoms with Crippen LogP contribution in [0.2, 0.25) is 0 Å². The summed E-state index contributed by atoms with van der Waals surface area (Å²) >= 11 is 0. The van der Waals surface area contributed by atoms with Gasteiger partial charge in [0.15, 0.2) is 0 Å². The molecule has 0 spiro atoms. The first-order valence-corrected chi connectivity index (χ1v) is 11.4. The van der Waals surface area contributed by atoms with Gasteiger partial charge in [0.2, 0.25) is 0 Å². The number of pyridine rings is 1. The molecule has 0 aliphatic heterocycles. The summed E-state index contributed by atoms with van der Waals surface area (Å²) in [7, 11) is -3.65. The Morgan fingerprint density at radius 1 is 0.935 bits per heavy atom. The van der Waals surface area contributed by atoms with Crippen molar-refractivity contribution in [3.05, 3.63) is 96.3 Å². The summed E-state index contributed by atoms with van der Waals surface area (Å²) in [6.45, 7) is 0. The number of allylic oxidation sites excluding steroid dienone is 1. The van der Waals surface area contributed by atoms with Crippen molar-refractivity contribution in [3.8, 4) is 0 Å². The molecule has 3 rings (SSSR count). The molecule has 0 fully saturated rings. The van der Waals surface area contributed by atoms with Gasteiger partial charge >= 0.3 is 5.97 Å². The van der Waals surface area contributed by atoms with Crippen LogP contribution in [0, 0.1) is 0 Å². The van der Waals surface area contributed by atoms with Crippen LogP contribution in [0.15, 0.2) is 90.1 Å². The van der Waals surface area contributed by atoms with Gasteiger partial charge in [0.25, 0.3) is 10.0 Å². The van der Waals surface area contributed by atoms with Crippen molar-refractivity contribution in [2.24, 2.45) is 0 Å². The van der Waals surface area contributed by atoms with E-state index in [0.717, 1.165) is 29.5 Å². The van der Waals surface area contributed by atoms with Gasteiger partial charge in [-0.25, -0.2) is 8.42 Å². The van der Waals surface area contributed by atoms with E-state index < -0.39 is 16.0 Å². The Bertz CT molecular complexity index is 1130. The first kappa shape index (κ1) is 22.2. The van der Waals surface area contributed by atoms with Crippen LogP contribution in [0.3, 0.4) is 0 Å². The molecule has 0 saturated heterocycles. The number of hydrogen-bond donors (Lipinski definition) is 2. The molecule has 0 amide bonds. The number of aliphatic carboxylic acids is 1. The molecule has 0 radical (unpaired) electrons. The molecule has 31 heavy (non-hydrogen) atoms. The summed E-state index contributed by atoms with van der Waals surface area (Å²) in [6.07, 6.45) is 7.83. The first-order chi connectivity index (χ1) is 15.0. The summed E-state index contributed by atoms with van der Waals surface area (Å²) in [5, 5.41) is 8.78. The zero-order chi connectivity index (χ0) is 22.1. The number of carboxylic acid groups (broad SMARTS) is 1. The van der Waals surface area contributed by atoms with E-state index in [2.05, 4.69) is 15.8 Å². The lowest BCUT2D eigenvalue weighted by molar-refractivity contribution is -0.137. The van der Waals surface area contributed by atoms with Gasteiger partial charge in [-0.05, 0) is 60.7 Å². The van der Waals surface area contributed by atoms with Gasteiger partial charge in [-0.15, -0.1) is 0 Å². The molecule has 7 heteroatoms. The Balaban J connectivity index is 1.78. The van der Waals surface area contributed by atoms with Crippen LogP contribution in [-0.2, 0) is 14.8 Å². The van der Waals surface area contributed by atoms with Gasteiger partial charge < -0.3 is 5.11 Å². The maximum absolute atomic E-state index is 12.5. The van der Waals surface area contributed by atoms with E-state index in [0.29, 0.717) is 12.1 Å². The molecule has 0 aliphatic rings. The number of hydrogen-bond acceptors (Lipinski definition) is 4. The number of carbonyl (C=O) groups is 1. The zero-order valence-corrected chi connectivity index (χ0v) is 17.8. The number of unbranched alkanes of at least 4 members (excludes halogenated alkanes) is 2. The molecular formula is C24H24N2O4S. The molecule has 160 valence electrons. The molecule has 0 saturated carbocycles. The van der Waals surface area contributed by atoms with E-state index in [1.165, 1.54) is 0 Å². The van der Waals surface area contributed by atoms with Crippen LogP contribution in [0.25, 0.3) is 5.57 Å². The third-order valence-corrected chi connectivity index (χ3v) is 6.06. The zero-order valence-electron chi connectivity index (χ0n) is 16.9. The number of anilines is 1. The van der Waals surface area contributed by atoms with E-state index >= 15 is 0 Å². The molecule has 0 bridgehead atoms. The summed E-state index contributed by atoms with van der Waals surface area (Å²) < 4.78 is 27.6. The van der Waals surface area contributed by atoms with E-state index in [-0.39, 0.29) is 11.3 Å². The maximum atomic E-state index is 12.5. The highest BCUT2D eigenvalue weighted by Gasteiger charge is 2.13. The highest BCUT2D eigenvalue weighted by molar-refractivity contribution is 7.92. The fourth-order valence-corrected chi connectivity index (χ4v) is 4.20. The molecule has 3 aromatic rings. The molecule has 0 unspecified atom stereocenters. The Morgan fingerprint density at radius 2 is 1.68 bits per heavy atom. The van der Waals surface area contributed by atoms with Crippen LogP contribution in [-0.4, -0.2) is 24.5 Å². The highest BCUT2D eigenvalue weighted by atomic mass is 32.2. The number of aromatic nitrogens is 1.